The minimum atomic E-state index is -0.329. The average Bonchev–Trinajstić information content (AvgIpc) is 3.21. The third-order valence-corrected chi connectivity index (χ3v) is 5.25. The molecule has 2 aromatic carbocycles. The number of nitrogens with zero attached hydrogens (tertiary/aromatic N) is 4. The highest BCUT2D eigenvalue weighted by atomic mass is 32.2. The van der Waals surface area contributed by atoms with Crippen LogP contribution in [0.3, 0.4) is 0 Å². The van der Waals surface area contributed by atoms with Gasteiger partial charge in [0.05, 0.1) is 26.2 Å². The summed E-state index contributed by atoms with van der Waals surface area (Å²) in [6, 6.07) is 11.3. The summed E-state index contributed by atoms with van der Waals surface area (Å²) in [4.78, 5) is 12.1. The molecule has 31 heavy (non-hydrogen) atoms. The molecule has 1 aromatic heterocycles. The van der Waals surface area contributed by atoms with E-state index in [9.17, 15) is 9.18 Å². The molecule has 0 spiro atoms. The van der Waals surface area contributed by atoms with Crippen LogP contribution in [-0.4, -0.2) is 46.9 Å². The van der Waals surface area contributed by atoms with E-state index in [1.807, 2.05) is 29.7 Å². The second kappa shape index (κ2) is 10.6. The van der Waals surface area contributed by atoms with E-state index in [1.54, 1.807) is 26.4 Å². The molecule has 3 aromatic rings. The molecule has 0 fully saturated rings. The molecule has 0 aliphatic rings. The fraction of sp³-hybridized carbons (Fsp3) is 0.238. The van der Waals surface area contributed by atoms with Crippen LogP contribution in [0, 0.1) is 5.82 Å². The summed E-state index contributed by atoms with van der Waals surface area (Å²) in [5.74, 6) is 1.39. The second-order valence-corrected chi connectivity index (χ2v) is 7.20. The smallest absolute Gasteiger partial charge is 0.250 e. The fourth-order valence-corrected chi connectivity index (χ4v) is 3.55. The summed E-state index contributed by atoms with van der Waals surface area (Å²) in [5, 5.41) is 13.0. The van der Waals surface area contributed by atoms with Crippen molar-refractivity contribution in [2.45, 2.75) is 18.6 Å². The van der Waals surface area contributed by atoms with Gasteiger partial charge in [0.1, 0.15) is 5.82 Å². The predicted octanol–water partition coefficient (Wildman–Crippen LogP) is 3.36. The quantitative estimate of drug-likeness (QED) is 0.310. The van der Waals surface area contributed by atoms with Crippen molar-refractivity contribution in [1.29, 1.82) is 0 Å². The highest BCUT2D eigenvalue weighted by Gasteiger charge is 2.16. The van der Waals surface area contributed by atoms with Crippen LogP contribution in [0.25, 0.3) is 11.4 Å². The van der Waals surface area contributed by atoms with Crippen LogP contribution >= 0.6 is 11.8 Å². The number of benzene rings is 2. The molecular weight excluding hydrogens is 421 g/mol. The summed E-state index contributed by atoms with van der Waals surface area (Å²) >= 11 is 1.26. The number of methoxy groups -OCH3 is 2. The van der Waals surface area contributed by atoms with Crippen molar-refractivity contribution in [3.8, 4) is 22.9 Å². The van der Waals surface area contributed by atoms with E-state index in [-0.39, 0.29) is 17.5 Å². The maximum Gasteiger partial charge on any atom is 0.250 e. The molecule has 3 rings (SSSR count). The Hall–Kier alpha value is -3.40. The van der Waals surface area contributed by atoms with Gasteiger partial charge >= 0.3 is 0 Å². The topological polar surface area (TPSA) is 90.6 Å². The predicted molar refractivity (Wildman–Crippen MR) is 117 cm³/mol. The summed E-state index contributed by atoms with van der Waals surface area (Å²) in [6.45, 7) is 2.61. The largest absolute Gasteiger partial charge is 0.493 e. The van der Waals surface area contributed by atoms with Crippen molar-refractivity contribution in [3.05, 3.63) is 53.8 Å². The highest BCUT2D eigenvalue weighted by molar-refractivity contribution is 7.99. The van der Waals surface area contributed by atoms with Gasteiger partial charge in [0.15, 0.2) is 22.5 Å². The summed E-state index contributed by atoms with van der Waals surface area (Å²) < 4.78 is 25.5. The van der Waals surface area contributed by atoms with E-state index in [1.165, 1.54) is 30.1 Å². The van der Waals surface area contributed by atoms with Gasteiger partial charge in [-0.1, -0.05) is 23.9 Å². The van der Waals surface area contributed by atoms with Crippen molar-refractivity contribution in [2.24, 2.45) is 5.10 Å². The Labute approximate surface area is 183 Å². The first kappa shape index (κ1) is 22.3. The van der Waals surface area contributed by atoms with Crippen molar-refractivity contribution in [2.75, 3.05) is 20.0 Å². The van der Waals surface area contributed by atoms with Crippen LogP contribution in [0.15, 0.2) is 52.7 Å². The zero-order valence-electron chi connectivity index (χ0n) is 17.3. The average molecular weight is 444 g/mol. The minimum Gasteiger partial charge on any atom is -0.493 e. The number of carbonyl (C=O) groups is 1. The lowest BCUT2D eigenvalue weighted by molar-refractivity contribution is -0.118. The first-order valence-electron chi connectivity index (χ1n) is 9.41. The van der Waals surface area contributed by atoms with E-state index in [4.69, 9.17) is 9.47 Å². The van der Waals surface area contributed by atoms with Crippen molar-refractivity contribution < 1.29 is 18.7 Å². The number of hydrazone groups is 1. The number of hydrogen-bond donors (Lipinski definition) is 1. The first-order valence-corrected chi connectivity index (χ1v) is 10.4. The van der Waals surface area contributed by atoms with E-state index in [2.05, 4.69) is 20.7 Å². The Morgan fingerprint density at radius 3 is 2.58 bits per heavy atom. The molecule has 162 valence electrons. The van der Waals surface area contributed by atoms with Gasteiger partial charge in [-0.05, 0) is 42.8 Å². The molecule has 1 N–H and O–H groups in total. The molecule has 10 heteroatoms. The summed E-state index contributed by atoms with van der Waals surface area (Å²) in [5.41, 5.74) is 3.95. The van der Waals surface area contributed by atoms with Crippen LogP contribution in [-0.2, 0) is 11.3 Å². The maximum atomic E-state index is 12.9. The Balaban J connectivity index is 1.64. The van der Waals surface area contributed by atoms with E-state index < -0.39 is 0 Å². The number of ether oxygens (including phenoxy) is 2. The van der Waals surface area contributed by atoms with Crippen LogP contribution in [0.4, 0.5) is 4.39 Å². The third-order valence-electron chi connectivity index (χ3n) is 4.28. The molecule has 0 aliphatic heterocycles. The molecule has 0 radical (unpaired) electrons. The number of nitrogens with one attached hydrogen (secondary N) is 1. The first-order chi connectivity index (χ1) is 15.0. The minimum absolute atomic E-state index is 0.116. The number of aromatic nitrogens is 3. The van der Waals surface area contributed by atoms with Crippen LogP contribution in [0.5, 0.6) is 11.5 Å². The van der Waals surface area contributed by atoms with Gasteiger partial charge in [0, 0.05) is 12.1 Å². The number of thioether (sulfide) groups is 1. The SMILES string of the molecule is CCn1c(SCC(=O)NN=Cc2ccc(F)cc2)nnc1-c1ccc(OC)c(OC)c1. The van der Waals surface area contributed by atoms with Crippen molar-refractivity contribution in [1.82, 2.24) is 20.2 Å². The van der Waals surface area contributed by atoms with E-state index in [0.717, 1.165) is 5.56 Å². The number of hydrogen-bond acceptors (Lipinski definition) is 7. The number of rotatable bonds is 9. The molecular formula is C21H22FN5O3S. The van der Waals surface area contributed by atoms with Crippen LogP contribution in [0.1, 0.15) is 12.5 Å². The van der Waals surface area contributed by atoms with Crippen molar-refractivity contribution in [3.63, 3.8) is 0 Å². The van der Waals surface area contributed by atoms with Gasteiger partial charge in [0.25, 0.3) is 5.91 Å². The molecule has 1 amide bonds. The molecule has 0 saturated carbocycles. The number of carbonyl (C=O) groups excluding carboxylic acids is 1. The maximum absolute atomic E-state index is 12.9. The van der Waals surface area contributed by atoms with Gasteiger partial charge in [-0.25, -0.2) is 9.82 Å². The lowest BCUT2D eigenvalue weighted by Crippen LogP contribution is -2.20. The number of halogens is 1. The van der Waals surface area contributed by atoms with E-state index >= 15 is 0 Å². The molecule has 0 unspecified atom stereocenters. The van der Waals surface area contributed by atoms with Crippen molar-refractivity contribution >= 4 is 23.9 Å². The van der Waals surface area contributed by atoms with Gasteiger partial charge in [-0.15, -0.1) is 10.2 Å². The van der Waals surface area contributed by atoms with Gasteiger partial charge in [-0.3, -0.25) is 4.79 Å². The fourth-order valence-electron chi connectivity index (χ4n) is 2.76. The van der Waals surface area contributed by atoms with Gasteiger partial charge in [-0.2, -0.15) is 5.10 Å². The van der Waals surface area contributed by atoms with Gasteiger partial charge in [0.2, 0.25) is 0 Å². The molecule has 1 heterocycles. The third kappa shape index (κ3) is 5.60. The van der Waals surface area contributed by atoms with E-state index in [0.29, 0.717) is 34.6 Å². The van der Waals surface area contributed by atoms with Gasteiger partial charge < -0.3 is 14.0 Å². The highest BCUT2D eigenvalue weighted by Crippen LogP contribution is 2.32. The monoisotopic (exact) mass is 443 g/mol. The molecule has 0 aliphatic carbocycles. The van der Waals surface area contributed by atoms with Crippen LogP contribution < -0.4 is 14.9 Å². The van der Waals surface area contributed by atoms with Crippen LogP contribution in [0.2, 0.25) is 0 Å². The Bertz CT molecular complexity index is 1070. The zero-order valence-corrected chi connectivity index (χ0v) is 18.1. The standard InChI is InChI=1S/C21H22FN5O3S/c1-4-27-20(15-7-10-17(29-2)18(11-15)30-3)25-26-21(27)31-13-19(28)24-23-12-14-5-8-16(22)9-6-14/h5-12H,4,13H2,1-3H3,(H,24,28). The molecule has 8 nitrogen and oxygen atoms in total. The Morgan fingerprint density at radius 1 is 1.16 bits per heavy atom. The normalized spacial score (nSPS) is 11.0. The Kier molecular flexibility index (Phi) is 7.60. The Morgan fingerprint density at radius 2 is 1.90 bits per heavy atom. The molecule has 0 saturated heterocycles. The lowest BCUT2D eigenvalue weighted by atomic mass is 10.2. The lowest BCUT2D eigenvalue weighted by Gasteiger charge is -2.10. The molecule has 0 atom stereocenters. The summed E-state index contributed by atoms with van der Waals surface area (Å²) in [6.07, 6.45) is 1.45. The summed E-state index contributed by atoms with van der Waals surface area (Å²) in [7, 11) is 3.15. The molecule has 0 bridgehead atoms. The zero-order chi connectivity index (χ0) is 22.2. The number of amides is 1. The second-order valence-electron chi connectivity index (χ2n) is 6.25.